The Balaban J connectivity index is 1.99. The van der Waals surface area contributed by atoms with E-state index in [-0.39, 0.29) is 30.7 Å². The largest absolute Gasteiger partial charge is 0.479 e. The van der Waals surface area contributed by atoms with Crippen LogP contribution in [0.25, 0.3) is 0 Å². The highest BCUT2D eigenvalue weighted by Crippen LogP contribution is 2.39. The van der Waals surface area contributed by atoms with Gasteiger partial charge in [0.1, 0.15) is 0 Å². The Hall–Kier alpha value is -2.72. The van der Waals surface area contributed by atoms with Gasteiger partial charge in [-0.3, -0.25) is 4.79 Å². The Morgan fingerprint density at radius 2 is 2.04 bits per heavy atom. The Labute approximate surface area is 162 Å². The number of nitrogens with two attached hydrogens (primary N) is 1. The number of hydrogen-bond donors (Lipinski definition) is 3. The minimum atomic E-state index is -4.38. The zero-order chi connectivity index (χ0) is 20.5. The molecule has 1 aromatic heterocycles. The van der Waals surface area contributed by atoms with Crippen LogP contribution in [-0.2, 0) is 25.8 Å². The van der Waals surface area contributed by atoms with Crippen LogP contribution in [0.2, 0.25) is 0 Å². The maximum atomic E-state index is 13.3. The predicted octanol–water partition coefficient (Wildman–Crippen LogP) is 0.465. The molecular weight excluding hydrogens is 384 g/mol. The van der Waals surface area contributed by atoms with Crippen LogP contribution in [0.15, 0.2) is 41.7 Å². The molecule has 1 aliphatic rings. The monoisotopic (exact) mass is 406 g/mol. The average molecular weight is 406 g/mol. The van der Waals surface area contributed by atoms with Crippen LogP contribution in [0.3, 0.4) is 0 Å². The molecule has 0 saturated carbocycles. The van der Waals surface area contributed by atoms with Gasteiger partial charge in [0.05, 0.1) is 23.0 Å². The molecule has 0 unspecified atom stereocenters. The fourth-order valence-corrected chi connectivity index (χ4v) is 5.52. The molecule has 2 heterocycles. The summed E-state index contributed by atoms with van der Waals surface area (Å²) in [5.41, 5.74) is 7.35. The van der Waals surface area contributed by atoms with Crippen molar-refractivity contribution in [2.45, 2.75) is 42.0 Å². The van der Waals surface area contributed by atoms with Crippen LogP contribution in [-0.4, -0.2) is 57.7 Å². The number of aromatic nitrogens is 2. The third-order valence-corrected chi connectivity index (χ3v) is 7.39. The number of H-pyrrole nitrogens is 1. The molecule has 0 aliphatic carbocycles. The van der Waals surface area contributed by atoms with Gasteiger partial charge in [0.15, 0.2) is 0 Å². The number of carbonyl (C=O) groups is 2. The number of benzene rings is 1. The lowest BCUT2D eigenvalue weighted by molar-refractivity contribution is -0.151. The van der Waals surface area contributed by atoms with Gasteiger partial charge in [-0.25, -0.2) is 18.2 Å². The number of carbonyl (C=O) groups excluding carboxylic acids is 1. The van der Waals surface area contributed by atoms with E-state index in [1.807, 2.05) is 0 Å². The number of hydrogen-bond acceptors (Lipinski definition) is 6. The van der Waals surface area contributed by atoms with Crippen LogP contribution < -0.4 is 5.73 Å². The average Bonchev–Trinajstić information content (AvgIpc) is 3.31. The number of sulfone groups is 1. The van der Waals surface area contributed by atoms with Crippen molar-refractivity contribution in [3.05, 3.63) is 48.0 Å². The summed E-state index contributed by atoms with van der Waals surface area (Å²) in [6, 6.07) is 4.80. The van der Waals surface area contributed by atoms with E-state index in [0.717, 1.165) is 10.5 Å². The van der Waals surface area contributed by atoms with Gasteiger partial charge in [-0.15, -0.1) is 0 Å². The maximum Gasteiger partial charge on any atom is 0.346 e. The number of rotatable bonds is 6. The first-order valence-electron chi connectivity index (χ1n) is 8.79. The number of carboxylic acids is 1. The molecule has 0 radical (unpaired) electrons. The van der Waals surface area contributed by atoms with Gasteiger partial charge < -0.3 is 20.7 Å². The van der Waals surface area contributed by atoms with Crippen LogP contribution >= 0.6 is 0 Å². The van der Waals surface area contributed by atoms with Crippen molar-refractivity contribution >= 4 is 21.7 Å². The second-order valence-electron chi connectivity index (χ2n) is 6.87. The van der Waals surface area contributed by atoms with Gasteiger partial charge in [0.2, 0.25) is 20.6 Å². The number of aliphatic carboxylic acids is 1. The summed E-state index contributed by atoms with van der Waals surface area (Å²) in [5.74, 6) is -2.30. The molecule has 3 rings (SSSR count). The highest BCUT2D eigenvalue weighted by atomic mass is 32.2. The number of nitrogens with zero attached hydrogens (tertiary/aromatic N) is 2. The SMILES string of the molecule is Cc1ccc(S(=O)(=O)[C@@]2(C(=O)O)CCCN2C(=O)[C@@H](N)Cc2c[nH]cn2)cc1. The minimum Gasteiger partial charge on any atom is -0.479 e. The number of aromatic amines is 1. The number of imidazole rings is 1. The van der Waals surface area contributed by atoms with Crippen molar-refractivity contribution in [3.8, 4) is 0 Å². The second-order valence-corrected chi connectivity index (χ2v) is 9.02. The standard InChI is InChI=1S/C18H22N4O5S/c1-12-3-5-14(6-4-12)28(26,27)18(17(24)25)7-2-8-22(18)16(23)15(19)9-13-10-20-11-21-13/h3-6,10-11,15H,2,7-9,19H2,1H3,(H,20,21)(H,24,25)/t15-,18+/m0/s1. The van der Waals surface area contributed by atoms with Crippen molar-refractivity contribution in [1.82, 2.24) is 14.9 Å². The number of nitrogens with one attached hydrogen (secondary N) is 1. The predicted molar refractivity (Wildman–Crippen MR) is 99.9 cm³/mol. The molecule has 4 N–H and O–H groups in total. The molecule has 28 heavy (non-hydrogen) atoms. The van der Waals surface area contributed by atoms with E-state index in [0.29, 0.717) is 5.69 Å². The van der Waals surface area contributed by atoms with Gasteiger partial charge >= 0.3 is 5.97 Å². The molecule has 2 atom stereocenters. The van der Waals surface area contributed by atoms with Crippen LogP contribution in [0.4, 0.5) is 0 Å². The summed E-state index contributed by atoms with van der Waals surface area (Å²) < 4.78 is 26.7. The molecular formula is C18H22N4O5S. The summed E-state index contributed by atoms with van der Waals surface area (Å²) in [4.78, 5) is 30.3. The third kappa shape index (κ3) is 3.18. The van der Waals surface area contributed by atoms with Gasteiger partial charge in [0, 0.05) is 19.2 Å². The summed E-state index contributed by atoms with van der Waals surface area (Å²) in [7, 11) is -4.38. The molecule has 0 spiro atoms. The van der Waals surface area contributed by atoms with E-state index in [4.69, 9.17) is 5.73 Å². The van der Waals surface area contributed by atoms with Crippen molar-refractivity contribution in [1.29, 1.82) is 0 Å². The van der Waals surface area contributed by atoms with E-state index in [1.54, 1.807) is 25.3 Å². The molecule has 0 bridgehead atoms. The first kappa shape index (κ1) is 20.0. The van der Waals surface area contributed by atoms with Crippen LogP contribution in [0, 0.1) is 6.92 Å². The van der Waals surface area contributed by atoms with E-state index in [1.165, 1.54) is 18.5 Å². The zero-order valence-electron chi connectivity index (χ0n) is 15.3. The fourth-order valence-electron chi connectivity index (χ4n) is 3.53. The van der Waals surface area contributed by atoms with E-state index in [9.17, 15) is 23.1 Å². The molecule has 1 saturated heterocycles. The minimum absolute atomic E-state index is 0.00445. The van der Waals surface area contributed by atoms with E-state index in [2.05, 4.69) is 9.97 Å². The third-order valence-electron chi connectivity index (χ3n) is 5.01. The highest BCUT2D eigenvalue weighted by Gasteiger charge is 2.60. The maximum absolute atomic E-state index is 13.3. The summed E-state index contributed by atoms with van der Waals surface area (Å²) in [6.45, 7) is 1.80. The number of carboxylic acid groups (broad SMARTS) is 1. The van der Waals surface area contributed by atoms with Crippen molar-refractivity contribution in [3.63, 3.8) is 0 Å². The number of amides is 1. The van der Waals surface area contributed by atoms with E-state index >= 15 is 0 Å². The van der Waals surface area contributed by atoms with Gasteiger partial charge in [-0.05, 0) is 31.9 Å². The molecule has 10 heteroatoms. The Morgan fingerprint density at radius 3 is 2.61 bits per heavy atom. The number of aryl methyl sites for hydroxylation is 1. The Morgan fingerprint density at radius 1 is 1.36 bits per heavy atom. The van der Waals surface area contributed by atoms with Gasteiger partial charge in [-0.1, -0.05) is 17.7 Å². The quantitative estimate of drug-likeness (QED) is 0.632. The zero-order valence-corrected chi connectivity index (χ0v) is 16.1. The summed E-state index contributed by atoms with van der Waals surface area (Å²) in [6.07, 6.45) is 3.13. The van der Waals surface area contributed by atoms with E-state index < -0.39 is 32.6 Å². The Bertz CT molecular complexity index is 972. The summed E-state index contributed by atoms with van der Waals surface area (Å²) in [5, 5.41) is 9.94. The lowest BCUT2D eigenvalue weighted by Gasteiger charge is -2.35. The van der Waals surface area contributed by atoms with Gasteiger partial charge in [-0.2, -0.15) is 0 Å². The number of likely N-dealkylation sites (tertiary alicyclic amines) is 1. The molecule has 2 aromatic rings. The second kappa shape index (κ2) is 7.36. The van der Waals surface area contributed by atoms with Crippen molar-refractivity contribution < 1.29 is 23.1 Å². The highest BCUT2D eigenvalue weighted by molar-refractivity contribution is 7.93. The first-order valence-corrected chi connectivity index (χ1v) is 10.3. The molecule has 1 aromatic carbocycles. The molecule has 1 aliphatic heterocycles. The van der Waals surface area contributed by atoms with Crippen molar-refractivity contribution in [2.24, 2.45) is 5.73 Å². The fraction of sp³-hybridized carbons (Fsp3) is 0.389. The molecule has 150 valence electrons. The normalized spacial score (nSPS) is 20.9. The molecule has 1 fully saturated rings. The Kier molecular flexibility index (Phi) is 5.26. The van der Waals surface area contributed by atoms with Crippen LogP contribution in [0.5, 0.6) is 0 Å². The molecule has 1 amide bonds. The first-order chi connectivity index (χ1) is 13.2. The lowest BCUT2D eigenvalue weighted by atomic mass is 10.1. The van der Waals surface area contributed by atoms with Gasteiger partial charge in [0.25, 0.3) is 0 Å². The van der Waals surface area contributed by atoms with Crippen LogP contribution in [0.1, 0.15) is 24.1 Å². The van der Waals surface area contributed by atoms with Crippen molar-refractivity contribution in [2.75, 3.05) is 6.54 Å². The molecule has 9 nitrogen and oxygen atoms in total. The topological polar surface area (TPSA) is 146 Å². The summed E-state index contributed by atoms with van der Waals surface area (Å²) >= 11 is 0. The smallest absolute Gasteiger partial charge is 0.346 e. The lowest BCUT2D eigenvalue weighted by Crippen LogP contribution is -2.61.